The van der Waals surface area contributed by atoms with Gasteiger partial charge >= 0.3 is 0 Å². The molecule has 3 heterocycles. The Kier molecular flexibility index (Phi) is 8.73. The Morgan fingerprint density at radius 2 is 1.07 bits per heavy atom. The minimum Gasteiger partial charge on any atom is -0.256 e. The standard InChI is InChI=1S/C49H37N5/c1-3-41-42(46-32(2)12-10-11-29-50-46)27-25-33-17-23-39(30-43(33)41)40-24-20-35-26-28-44(51-45(35)31-40)34-18-21-38(22-19-34)49-53-47(36-13-6-4-7-14-36)52-48(54-49)37-15-8-5-9-16-37/h4-11,13-31H,3,12H2,1-2H3. The Hall–Kier alpha value is -6.85. The average Bonchev–Trinajstić information content (AvgIpc) is 3.46. The number of nitrogens with zero attached hydrogens (tertiary/aromatic N) is 5. The Bertz CT molecular complexity index is 2710. The molecule has 1 aliphatic heterocycles. The molecular formula is C49H37N5. The van der Waals surface area contributed by atoms with Gasteiger partial charge in [0, 0.05) is 39.4 Å². The van der Waals surface area contributed by atoms with E-state index in [9.17, 15) is 0 Å². The molecule has 8 aromatic rings. The molecule has 0 unspecified atom stereocenters. The van der Waals surface area contributed by atoms with Crippen LogP contribution in [0.15, 0.2) is 168 Å². The van der Waals surface area contributed by atoms with Crippen molar-refractivity contribution in [3.8, 4) is 56.5 Å². The predicted octanol–water partition coefficient (Wildman–Crippen LogP) is 12.2. The first-order chi connectivity index (χ1) is 26.6. The molecule has 54 heavy (non-hydrogen) atoms. The fourth-order valence-electron chi connectivity index (χ4n) is 7.28. The molecule has 0 radical (unpaired) electrons. The van der Waals surface area contributed by atoms with Crippen molar-refractivity contribution in [1.82, 2.24) is 19.9 Å². The molecule has 0 atom stereocenters. The largest absolute Gasteiger partial charge is 0.256 e. The quantitative estimate of drug-likeness (QED) is 0.166. The smallest absolute Gasteiger partial charge is 0.164 e. The summed E-state index contributed by atoms with van der Waals surface area (Å²) in [6, 6.07) is 50.5. The molecule has 0 saturated heterocycles. The topological polar surface area (TPSA) is 63.9 Å². The van der Waals surface area contributed by atoms with Crippen LogP contribution < -0.4 is 0 Å². The van der Waals surface area contributed by atoms with Crippen LogP contribution in [0.3, 0.4) is 0 Å². The van der Waals surface area contributed by atoms with Crippen molar-refractivity contribution in [2.75, 3.05) is 0 Å². The molecule has 0 fully saturated rings. The molecule has 2 aromatic heterocycles. The third kappa shape index (κ3) is 6.41. The van der Waals surface area contributed by atoms with Crippen molar-refractivity contribution >= 4 is 33.6 Å². The Morgan fingerprint density at radius 1 is 0.519 bits per heavy atom. The minimum absolute atomic E-state index is 0.630. The Labute approximate surface area is 315 Å². The van der Waals surface area contributed by atoms with Crippen LogP contribution in [0.1, 0.15) is 31.4 Å². The van der Waals surface area contributed by atoms with E-state index in [0.717, 1.165) is 63.0 Å². The predicted molar refractivity (Wildman–Crippen MR) is 224 cm³/mol. The molecule has 0 amide bonds. The molecule has 5 nitrogen and oxygen atoms in total. The summed E-state index contributed by atoms with van der Waals surface area (Å²) < 4.78 is 0. The SMILES string of the molecule is CCc1c(C2=C(C)CC=CC=N2)ccc2ccc(-c3ccc4ccc(-c5ccc(-c6nc(-c7ccccc7)nc(-c7ccccc7)n6)cc5)nc4c3)cc12. The molecule has 9 rings (SSSR count). The van der Waals surface area contributed by atoms with Gasteiger partial charge in [-0.3, -0.25) is 4.99 Å². The summed E-state index contributed by atoms with van der Waals surface area (Å²) in [6.45, 7) is 4.42. The molecule has 0 N–H and O–H groups in total. The maximum atomic E-state index is 5.16. The first-order valence-corrected chi connectivity index (χ1v) is 18.4. The van der Waals surface area contributed by atoms with E-state index >= 15 is 0 Å². The molecule has 0 saturated carbocycles. The summed E-state index contributed by atoms with van der Waals surface area (Å²) in [6.07, 6.45) is 7.96. The maximum Gasteiger partial charge on any atom is 0.164 e. The third-order valence-electron chi connectivity index (χ3n) is 10.2. The number of aryl methyl sites for hydroxylation is 1. The van der Waals surface area contributed by atoms with Crippen molar-refractivity contribution in [1.29, 1.82) is 0 Å². The number of benzene rings is 6. The van der Waals surface area contributed by atoms with Crippen LogP contribution in [0.2, 0.25) is 0 Å². The van der Waals surface area contributed by atoms with Gasteiger partial charge in [0.25, 0.3) is 0 Å². The molecule has 0 spiro atoms. The summed E-state index contributed by atoms with van der Waals surface area (Å²) in [4.78, 5) is 24.6. The zero-order valence-electron chi connectivity index (χ0n) is 30.2. The zero-order chi connectivity index (χ0) is 36.4. The van der Waals surface area contributed by atoms with E-state index in [-0.39, 0.29) is 0 Å². The lowest BCUT2D eigenvalue weighted by molar-refractivity contribution is 1.07. The van der Waals surface area contributed by atoms with Crippen molar-refractivity contribution in [2.24, 2.45) is 4.99 Å². The maximum absolute atomic E-state index is 5.16. The molecule has 6 aromatic carbocycles. The van der Waals surface area contributed by atoms with E-state index in [1.165, 1.54) is 33.0 Å². The van der Waals surface area contributed by atoms with Crippen molar-refractivity contribution in [2.45, 2.75) is 26.7 Å². The van der Waals surface area contributed by atoms with E-state index in [4.69, 9.17) is 24.9 Å². The summed E-state index contributed by atoms with van der Waals surface area (Å²) in [5, 5.41) is 3.61. The van der Waals surface area contributed by atoms with Crippen molar-refractivity contribution < 1.29 is 0 Å². The lowest BCUT2D eigenvalue weighted by atomic mass is 9.91. The second-order valence-corrected chi connectivity index (χ2v) is 13.6. The highest BCUT2D eigenvalue weighted by molar-refractivity contribution is 5.96. The lowest BCUT2D eigenvalue weighted by Gasteiger charge is -2.15. The lowest BCUT2D eigenvalue weighted by Crippen LogP contribution is -2.00. The molecule has 0 aliphatic carbocycles. The summed E-state index contributed by atoms with van der Waals surface area (Å²) >= 11 is 0. The third-order valence-corrected chi connectivity index (χ3v) is 10.2. The second kappa shape index (κ2) is 14.3. The van der Waals surface area contributed by atoms with Crippen molar-refractivity contribution in [3.05, 3.63) is 174 Å². The van der Waals surface area contributed by atoms with Gasteiger partial charge in [0.2, 0.25) is 0 Å². The van der Waals surface area contributed by atoms with Crippen LogP contribution in [0, 0.1) is 0 Å². The fraction of sp³-hybridized carbons (Fsp3) is 0.0816. The van der Waals surface area contributed by atoms with Crippen LogP contribution in [0.4, 0.5) is 0 Å². The zero-order valence-corrected chi connectivity index (χ0v) is 30.2. The number of aromatic nitrogens is 4. The number of pyridine rings is 1. The fourth-order valence-corrected chi connectivity index (χ4v) is 7.28. The molecule has 1 aliphatic rings. The molecule has 258 valence electrons. The molecular weight excluding hydrogens is 659 g/mol. The normalized spacial score (nSPS) is 12.8. The number of allylic oxidation sites excluding steroid dienone is 3. The Morgan fingerprint density at radius 3 is 1.74 bits per heavy atom. The highest BCUT2D eigenvalue weighted by Gasteiger charge is 2.15. The van der Waals surface area contributed by atoms with E-state index in [1.807, 2.05) is 73.0 Å². The summed E-state index contributed by atoms with van der Waals surface area (Å²) in [7, 11) is 0. The number of rotatable bonds is 7. The van der Waals surface area contributed by atoms with Crippen LogP contribution >= 0.6 is 0 Å². The van der Waals surface area contributed by atoms with Gasteiger partial charge in [-0.25, -0.2) is 19.9 Å². The van der Waals surface area contributed by atoms with Gasteiger partial charge in [-0.05, 0) is 77.1 Å². The van der Waals surface area contributed by atoms with E-state index in [2.05, 4.69) is 105 Å². The van der Waals surface area contributed by atoms with E-state index < -0.39 is 0 Å². The van der Waals surface area contributed by atoms with Gasteiger partial charge in [0.05, 0.1) is 16.9 Å². The number of hydrogen-bond donors (Lipinski definition) is 0. The monoisotopic (exact) mass is 695 g/mol. The second-order valence-electron chi connectivity index (χ2n) is 13.6. The first-order valence-electron chi connectivity index (χ1n) is 18.4. The number of aliphatic imine (C=N–C) groups is 1. The average molecular weight is 696 g/mol. The number of hydrogen-bond acceptors (Lipinski definition) is 5. The van der Waals surface area contributed by atoms with Gasteiger partial charge in [0.1, 0.15) is 0 Å². The van der Waals surface area contributed by atoms with Crippen molar-refractivity contribution in [3.63, 3.8) is 0 Å². The van der Waals surface area contributed by atoms with E-state index in [1.54, 1.807) is 0 Å². The Balaban J connectivity index is 1.05. The summed E-state index contributed by atoms with van der Waals surface area (Å²) in [5.41, 5.74) is 12.9. The van der Waals surface area contributed by atoms with E-state index in [0.29, 0.717) is 17.5 Å². The molecule has 0 bridgehead atoms. The molecule has 5 heteroatoms. The van der Waals surface area contributed by atoms with Crippen LogP contribution in [-0.2, 0) is 6.42 Å². The number of fused-ring (bicyclic) bond motifs is 2. The van der Waals surface area contributed by atoms with Crippen LogP contribution in [0.5, 0.6) is 0 Å². The van der Waals surface area contributed by atoms with Crippen LogP contribution in [0.25, 0.3) is 83.9 Å². The van der Waals surface area contributed by atoms with Gasteiger partial charge in [-0.1, -0.05) is 140 Å². The van der Waals surface area contributed by atoms with Gasteiger partial charge in [-0.2, -0.15) is 0 Å². The highest BCUT2D eigenvalue weighted by atomic mass is 15.0. The minimum atomic E-state index is 0.630. The van der Waals surface area contributed by atoms with Gasteiger partial charge in [-0.15, -0.1) is 0 Å². The highest BCUT2D eigenvalue weighted by Crippen LogP contribution is 2.35. The van der Waals surface area contributed by atoms with Gasteiger partial charge in [0.15, 0.2) is 17.5 Å². The van der Waals surface area contributed by atoms with Gasteiger partial charge < -0.3 is 0 Å². The summed E-state index contributed by atoms with van der Waals surface area (Å²) in [5.74, 6) is 1.92. The first kappa shape index (κ1) is 33.0. The van der Waals surface area contributed by atoms with Crippen LogP contribution in [-0.4, -0.2) is 26.2 Å².